The molecule has 1 aromatic heterocycles. The van der Waals surface area contributed by atoms with E-state index in [1.807, 2.05) is 25.8 Å². The number of anilines is 1. The number of carbonyl (C=O) groups excluding carboxylic acids is 1. The van der Waals surface area contributed by atoms with Crippen LogP contribution in [0.1, 0.15) is 26.8 Å². The number of carbonyl (C=O) groups is 1. The van der Waals surface area contributed by atoms with Crippen molar-refractivity contribution in [3.8, 4) is 0 Å². The van der Waals surface area contributed by atoms with Crippen LogP contribution in [0.5, 0.6) is 0 Å². The number of aromatic nitrogens is 4. The molecule has 0 saturated carbocycles. The molecule has 1 amide bonds. The van der Waals surface area contributed by atoms with E-state index < -0.39 is 0 Å². The standard InChI is InChI=1S/C9H18N6O/c1-7(2)15-9(11-12-13-15)14(4)6-5-10-8(3)16/h7H,5-6H2,1-4H3,(H,10,16). The zero-order valence-corrected chi connectivity index (χ0v) is 10.1. The number of tetrazole rings is 1. The van der Waals surface area contributed by atoms with E-state index in [0.29, 0.717) is 19.0 Å². The molecule has 1 rings (SSSR count). The molecule has 1 aromatic rings. The number of nitrogens with one attached hydrogen (secondary N) is 1. The highest BCUT2D eigenvalue weighted by Gasteiger charge is 2.12. The smallest absolute Gasteiger partial charge is 0.245 e. The summed E-state index contributed by atoms with van der Waals surface area (Å²) in [6.07, 6.45) is 0. The maximum absolute atomic E-state index is 10.7. The second kappa shape index (κ2) is 5.43. The Morgan fingerprint density at radius 1 is 1.56 bits per heavy atom. The number of nitrogens with zero attached hydrogens (tertiary/aromatic N) is 5. The predicted octanol–water partition coefficient (Wildman–Crippen LogP) is -0.174. The first-order valence-corrected chi connectivity index (χ1v) is 5.25. The van der Waals surface area contributed by atoms with Crippen molar-refractivity contribution in [3.05, 3.63) is 0 Å². The van der Waals surface area contributed by atoms with Crippen LogP contribution in [0.4, 0.5) is 5.95 Å². The van der Waals surface area contributed by atoms with Gasteiger partial charge in [0.05, 0.1) is 6.04 Å². The third-order valence-electron chi connectivity index (χ3n) is 2.13. The van der Waals surface area contributed by atoms with E-state index in [0.717, 1.165) is 0 Å². The third kappa shape index (κ3) is 3.18. The minimum atomic E-state index is -0.0307. The summed E-state index contributed by atoms with van der Waals surface area (Å²) in [5, 5.41) is 14.2. The van der Waals surface area contributed by atoms with Crippen LogP contribution in [-0.4, -0.2) is 46.3 Å². The van der Waals surface area contributed by atoms with Gasteiger partial charge >= 0.3 is 0 Å². The fourth-order valence-electron chi connectivity index (χ4n) is 1.27. The van der Waals surface area contributed by atoms with Gasteiger partial charge in [0.15, 0.2) is 0 Å². The molecule has 1 heterocycles. The molecule has 0 saturated heterocycles. The summed E-state index contributed by atoms with van der Waals surface area (Å²) in [5.41, 5.74) is 0. The second-order valence-corrected chi connectivity index (χ2v) is 3.92. The predicted molar refractivity (Wildman–Crippen MR) is 60.2 cm³/mol. The van der Waals surface area contributed by atoms with Crippen LogP contribution in [0.15, 0.2) is 0 Å². The lowest BCUT2D eigenvalue weighted by Crippen LogP contribution is -2.33. The topological polar surface area (TPSA) is 75.9 Å². The van der Waals surface area contributed by atoms with E-state index >= 15 is 0 Å². The normalized spacial score (nSPS) is 10.6. The Morgan fingerprint density at radius 2 is 2.25 bits per heavy atom. The lowest BCUT2D eigenvalue weighted by molar-refractivity contribution is -0.118. The first kappa shape index (κ1) is 12.4. The van der Waals surface area contributed by atoms with Crippen molar-refractivity contribution in [2.24, 2.45) is 0 Å². The average Bonchev–Trinajstić information content (AvgIpc) is 2.65. The van der Waals surface area contributed by atoms with Crippen LogP contribution in [0.2, 0.25) is 0 Å². The van der Waals surface area contributed by atoms with Gasteiger partial charge in [-0.1, -0.05) is 5.10 Å². The van der Waals surface area contributed by atoms with Crippen LogP contribution in [-0.2, 0) is 4.79 Å². The Balaban J connectivity index is 2.55. The van der Waals surface area contributed by atoms with E-state index in [4.69, 9.17) is 0 Å². The maximum Gasteiger partial charge on any atom is 0.245 e. The van der Waals surface area contributed by atoms with E-state index in [9.17, 15) is 4.79 Å². The maximum atomic E-state index is 10.7. The van der Waals surface area contributed by atoms with Crippen LogP contribution in [0.3, 0.4) is 0 Å². The minimum absolute atomic E-state index is 0.0307. The van der Waals surface area contributed by atoms with E-state index in [1.54, 1.807) is 4.68 Å². The van der Waals surface area contributed by atoms with Crippen LogP contribution < -0.4 is 10.2 Å². The molecule has 0 fully saturated rings. The van der Waals surface area contributed by atoms with E-state index in [1.165, 1.54) is 6.92 Å². The van der Waals surface area contributed by atoms with Crippen molar-refractivity contribution in [2.45, 2.75) is 26.8 Å². The summed E-state index contributed by atoms with van der Waals surface area (Å²) >= 11 is 0. The van der Waals surface area contributed by atoms with Gasteiger partial charge in [0.25, 0.3) is 0 Å². The first-order chi connectivity index (χ1) is 7.52. The second-order valence-electron chi connectivity index (χ2n) is 3.92. The number of hydrogen-bond donors (Lipinski definition) is 1. The minimum Gasteiger partial charge on any atom is -0.355 e. The molecule has 0 bridgehead atoms. The van der Waals surface area contributed by atoms with Gasteiger partial charge in [0.1, 0.15) is 0 Å². The SMILES string of the molecule is CC(=O)NCCN(C)c1nnnn1C(C)C. The molecule has 0 spiro atoms. The summed E-state index contributed by atoms with van der Waals surface area (Å²) in [6.45, 7) is 6.78. The molecule has 0 atom stereocenters. The fraction of sp³-hybridized carbons (Fsp3) is 0.778. The number of hydrogen-bond acceptors (Lipinski definition) is 5. The molecule has 0 aliphatic rings. The molecule has 0 radical (unpaired) electrons. The van der Waals surface area contributed by atoms with Crippen LogP contribution >= 0.6 is 0 Å². The van der Waals surface area contributed by atoms with Gasteiger partial charge in [-0.2, -0.15) is 0 Å². The lowest BCUT2D eigenvalue weighted by Gasteiger charge is -2.18. The largest absolute Gasteiger partial charge is 0.355 e. The van der Waals surface area contributed by atoms with E-state index in [-0.39, 0.29) is 11.9 Å². The summed E-state index contributed by atoms with van der Waals surface area (Å²) in [5.74, 6) is 0.678. The fourth-order valence-corrected chi connectivity index (χ4v) is 1.27. The molecular weight excluding hydrogens is 208 g/mol. The van der Waals surface area contributed by atoms with Crippen molar-refractivity contribution in [3.63, 3.8) is 0 Å². The average molecular weight is 226 g/mol. The Hall–Kier alpha value is -1.66. The van der Waals surface area contributed by atoms with Gasteiger partial charge in [0.2, 0.25) is 11.9 Å². The molecule has 7 heteroatoms. The van der Waals surface area contributed by atoms with Crippen molar-refractivity contribution in [1.29, 1.82) is 0 Å². The van der Waals surface area contributed by atoms with Gasteiger partial charge in [-0.3, -0.25) is 4.79 Å². The van der Waals surface area contributed by atoms with Gasteiger partial charge in [-0.25, -0.2) is 4.68 Å². The highest BCUT2D eigenvalue weighted by molar-refractivity contribution is 5.72. The monoisotopic (exact) mass is 226 g/mol. The van der Waals surface area contributed by atoms with Crippen molar-refractivity contribution >= 4 is 11.9 Å². The molecule has 1 N–H and O–H groups in total. The Bertz CT molecular complexity index is 348. The highest BCUT2D eigenvalue weighted by atomic mass is 16.1. The van der Waals surface area contributed by atoms with Crippen molar-refractivity contribution in [2.75, 3.05) is 25.0 Å². The Labute approximate surface area is 94.8 Å². The Morgan fingerprint density at radius 3 is 2.81 bits per heavy atom. The molecular formula is C9H18N6O. The van der Waals surface area contributed by atoms with Crippen molar-refractivity contribution < 1.29 is 4.79 Å². The number of amides is 1. The van der Waals surface area contributed by atoms with Gasteiger partial charge in [-0.15, -0.1) is 0 Å². The van der Waals surface area contributed by atoms with Gasteiger partial charge in [-0.05, 0) is 24.3 Å². The quantitative estimate of drug-likeness (QED) is 0.754. The number of likely N-dealkylation sites (N-methyl/N-ethyl adjacent to an activating group) is 1. The summed E-state index contributed by atoms with van der Waals surface area (Å²) < 4.78 is 1.74. The zero-order valence-electron chi connectivity index (χ0n) is 10.1. The first-order valence-electron chi connectivity index (χ1n) is 5.25. The van der Waals surface area contributed by atoms with Crippen LogP contribution in [0.25, 0.3) is 0 Å². The van der Waals surface area contributed by atoms with E-state index in [2.05, 4.69) is 20.8 Å². The molecule has 0 aromatic carbocycles. The zero-order chi connectivity index (χ0) is 12.1. The lowest BCUT2D eigenvalue weighted by atomic mass is 10.4. The summed E-state index contributed by atoms with van der Waals surface area (Å²) in [6, 6.07) is 0.216. The molecule has 0 unspecified atom stereocenters. The van der Waals surface area contributed by atoms with Gasteiger partial charge in [0, 0.05) is 27.1 Å². The molecule has 90 valence electrons. The van der Waals surface area contributed by atoms with Crippen molar-refractivity contribution in [1.82, 2.24) is 25.5 Å². The third-order valence-corrected chi connectivity index (χ3v) is 2.13. The highest BCUT2D eigenvalue weighted by Crippen LogP contribution is 2.11. The van der Waals surface area contributed by atoms with Gasteiger partial charge < -0.3 is 10.2 Å². The molecule has 7 nitrogen and oxygen atoms in total. The summed E-state index contributed by atoms with van der Waals surface area (Å²) in [7, 11) is 1.90. The molecule has 0 aliphatic heterocycles. The molecule has 0 aliphatic carbocycles. The summed E-state index contributed by atoms with van der Waals surface area (Å²) in [4.78, 5) is 12.6. The van der Waals surface area contributed by atoms with Crippen LogP contribution in [0, 0.1) is 0 Å². The number of rotatable bonds is 5. The molecule has 16 heavy (non-hydrogen) atoms. The Kier molecular flexibility index (Phi) is 4.21.